The van der Waals surface area contributed by atoms with Crippen LogP contribution in [-0.4, -0.2) is 49.5 Å². The van der Waals surface area contributed by atoms with Crippen molar-refractivity contribution in [3.63, 3.8) is 0 Å². The number of ether oxygens (including phenoxy) is 1. The molecular weight excluding hydrogens is 518 g/mol. The summed E-state index contributed by atoms with van der Waals surface area (Å²) in [7, 11) is 0. The Morgan fingerprint density at radius 2 is 0.829 bits per heavy atom. The molecule has 0 atom stereocenters. The van der Waals surface area contributed by atoms with Gasteiger partial charge < -0.3 is 44.4 Å². The Morgan fingerprint density at radius 3 is 1.11 bits per heavy atom. The molecular formula is C30H63Fe2NO2. The van der Waals surface area contributed by atoms with Gasteiger partial charge in [-0.25, -0.2) is 0 Å². The monoisotopic (exact) mass is 581 g/mol. The number of aliphatic hydroxyl groups is 1. The van der Waals surface area contributed by atoms with Gasteiger partial charge in [0.25, 0.3) is 0 Å². The summed E-state index contributed by atoms with van der Waals surface area (Å²) in [6.07, 6.45) is 26.5. The Labute approximate surface area is 244 Å². The molecule has 0 saturated heterocycles. The van der Waals surface area contributed by atoms with Crippen molar-refractivity contribution >= 4 is 0 Å². The molecule has 0 aliphatic heterocycles. The molecule has 0 amide bonds. The quantitative estimate of drug-likeness (QED) is 0.169. The van der Waals surface area contributed by atoms with Gasteiger partial charge in [0.15, 0.2) is 0 Å². The van der Waals surface area contributed by atoms with Gasteiger partial charge in [-0.05, 0) is 37.5 Å². The molecule has 0 spiro atoms. The van der Waals surface area contributed by atoms with Crippen LogP contribution < -0.4 is 0 Å². The van der Waals surface area contributed by atoms with Gasteiger partial charge >= 0.3 is 34.1 Å². The van der Waals surface area contributed by atoms with Crippen molar-refractivity contribution in [1.82, 2.24) is 4.90 Å². The molecule has 216 valence electrons. The van der Waals surface area contributed by atoms with Crippen LogP contribution in [0.25, 0.3) is 0 Å². The Bertz CT molecular complexity index is 311. The maximum atomic E-state index is 8.75. The fraction of sp³-hybridized carbons (Fsp3) is 0.867. The van der Waals surface area contributed by atoms with Crippen molar-refractivity contribution in [2.45, 2.75) is 116 Å². The normalized spacial score (nSPS) is 18.7. The van der Waals surface area contributed by atoms with Crippen LogP contribution in [0.1, 0.15) is 116 Å². The SMILES string of the molecule is C1CCCC1.C1CCCC1.OCCOCCN(CC1CCCC1)CC1CCCC1.[CH3-].[CH3-].[CH3-].[CH3-].[Fe+2].[Fe+2]. The Hall–Kier alpha value is 0.919. The Balaban J connectivity index is -0.000000158. The van der Waals surface area contributed by atoms with Crippen molar-refractivity contribution in [1.29, 1.82) is 0 Å². The molecule has 0 heterocycles. The summed E-state index contributed by atoms with van der Waals surface area (Å²) >= 11 is 0. The van der Waals surface area contributed by atoms with E-state index in [0.717, 1.165) is 25.0 Å². The summed E-state index contributed by atoms with van der Waals surface area (Å²) < 4.78 is 5.45. The Morgan fingerprint density at radius 1 is 0.514 bits per heavy atom. The van der Waals surface area contributed by atoms with Crippen LogP contribution in [0.2, 0.25) is 0 Å². The summed E-state index contributed by atoms with van der Waals surface area (Å²) in [6.45, 7) is 5.01. The molecule has 0 bridgehead atoms. The van der Waals surface area contributed by atoms with Crippen LogP contribution in [-0.2, 0) is 38.9 Å². The van der Waals surface area contributed by atoms with E-state index >= 15 is 0 Å². The second-order valence-electron chi connectivity index (χ2n) is 9.93. The first kappa shape index (κ1) is 45.8. The van der Waals surface area contributed by atoms with Crippen LogP contribution >= 0.6 is 0 Å². The van der Waals surface area contributed by atoms with Gasteiger partial charge in [-0.15, -0.1) is 0 Å². The van der Waals surface area contributed by atoms with Crippen molar-refractivity contribution in [3.05, 3.63) is 29.7 Å². The van der Waals surface area contributed by atoms with Gasteiger partial charge in [0.1, 0.15) is 0 Å². The first-order valence-electron chi connectivity index (χ1n) is 13.3. The number of aliphatic hydroxyl groups excluding tert-OH is 1. The minimum Gasteiger partial charge on any atom is -0.394 e. The van der Waals surface area contributed by atoms with Crippen LogP contribution in [0.4, 0.5) is 0 Å². The molecule has 4 aliphatic carbocycles. The third-order valence-electron chi connectivity index (χ3n) is 7.27. The van der Waals surface area contributed by atoms with E-state index in [2.05, 4.69) is 4.90 Å². The third kappa shape index (κ3) is 25.0. The minimum absolute atomic E-state index is 0. The third-order valence-corrected chi connectivity index (χ3v) is 7.27. The molecule has 3 nitrogen and oxygen atoms in total. The van der Waals surface area contributed by atoms with E-state index in [1.54, 1.807) is 0 Å². The van der Waals surface area contributed by atoms with E-state index in [1.165, 1.54) is 129 Å². The zero-order valence-electron chi connectivity index (χ0n) is 24.1. The van der Waals surface area contributed by atoms with Crippen LogP contribution in [0.3, 0.4) is 0 Å². The average Bonchev–Trinajstić information content (AvgIpc) is 3.55. The topological polar surface area (TPSA) is 32.7 Å². The van der Waals surface area contributed by atoms with Crippen molar-refractivity contribution in [3.8, 4) is 0 Å². The van der Waals surface area contributed by atoms with Crippen molar-refractivity contribution < 1.29 is 44.0 Å². The molecule has 4 aliphatic rings. The van der Waals surface area contributed by atoms with Gasteiger partial charge in [-0.1, -0.05) is 89.9 Å². The van der Waals surface area contributed by atoms with Crippen LogP contribution in [0.5, 0.6) is 0 Å². The van der Waals surface area contributed by atoms with Crippen LogP contribution in [0.15, 0.2) is 0 Å². The zero-order valence-corrected chi connectivity index (χ0v) is 26.3. The molecule has 1 N–H and O–H groups in total. The summed E-state index contributed by atoms with van der Waals surface area (Å²) in [5.41, 5.74) is 0. The van der Waals surface area contributed by atoms with E-state index in [-0.39, 0.29) is 70.5 Å². The smallest absolute Gasteiger partial charge is 0.394 e. The molecule has 4 fully saturated rings. The maximum Gasteiger partial charge on any atom is 2.00 e. The first-order valence-corrected chi connectivity index (χ1v) is 13.3. The van der Waals surface area contributed by atoms with E-state index < -0.39 is 0 Å². The summed E-state index contributed by atoms with van der Waals surface area (Å²) in [5.74, 6) is 1.86. The van der Waals surface area contributed by atoms with E-state index in [4.69, 9.17) is 9.84 Å². The molecule has 35 heavy (non-hydrogen) atoms. The molecule has 0 radical (unpaired) electrons. The fourth-order valence-electron chi connectivity index (χ4n) is 5.50. The fourth-order valence-corrected chi connectivity index (χ4v) is 5.50. The predicted molar refractivity (Wildman–Crippen MR) is 150 cm³/mol. The second-order valence-corrected chi connectivity index (χ2v) is 9.93. The molecule has 0 unspecified atom stereocenters. The summed E-state index contributed by atoms with van der Waals surface area (Å²) in [6, 6.07) is 0. The molecule has 5 heteroatoms. The molecule has 4 rings (SSSR count). The van der Waals surface area contributed by atoms with E-state index in [0.29, 0.717) is 6.61 Å². The first-order chi connectivity index (χ1) is 14.4. The molecule has 4 saturated carbocycles. The minimum atomic E-state index is 0. The predicted octanol–water partition coefficient (Wildman–Crippen LogP) is 8.37. The second kappa shape index (κ2) is 32.9. The number of hydrogen-bond acceptors (Lipinski definition) is 3. The van der Waals surface area contributed by atoms with Crippen molar-refractivity contribution in [2.24, 2.45) is 11.8 Å². The Kier molecular flexibility index (Phi) is 43.1. The standard InChI is InChI=1S/C16H31NO2.2C5H10.4CH3.2Fe/c18-10-12-19-11-9-17(13-15-5-1-2-6-15)14-16-7-3-4-8-16;2*1-2-4-5-3-1;;;;;;/h15-16,18H,1-14H2;2*1-5H2;4*1H3;;/q;;;4*-1;2*+2. The van der Waals surface area contributed by atoms with E-state index in [1.807, 2.05) is 0 Å². The molecule has 0 aromatic rings. The largest absolute Gasteiger partial charge is 2.00 e. The molecule has 0 aromatic carbocycles. The van der Waals surface area contributed by atoms with Crippen molar-refractivity contribution in [2.75, 3.05) is 39.5 Å². The number of hydrogen-bond donors (Lipinski definition) is 1. The van der Waals surface area contributed by atoms with E-state index in [9.17, 15) is 0 Å². The van der Waals surface area contributed by atoms with Gasteiger partial charge in [0.2, 0.25) is 0 Å². The van der Waals surface area contributed by atoms with Gasteiger partial charge in [-0.2, -0.15) is 0 Å². The average molecular weight is 582 g/mol. The molecule has 0 aromatic heterocycles. The van der Waals surface area contributed by atoms with Gasteiger partial charge in [0, 0.05) is 19.6 Å². The number of rotatable bonds is 9. The summed E-state index contributed by atoms with van der Waals surface area (Å²) in [5, 5.41) is 8.75. The summed E-state index contributed by atoms with van der Waals surface area (Å²) in [4.78, 5) is 2.64. The van der Waals surface area contributed by atoms with Crippen LogP contribution in [0, 0.1) is 41.5 Å². The van der Waals surface area contributed by atoms with Gasteiger partial charge in [0.05, 0.1) is 19.8 Å². The number of nitrogens with zero attached hydrogens (tertiary/aromatic N) is 1. The van der Waals surface area contributed by atoms with Gasteiger partial charge in [-0.3, -0.25) is 0 Å². The zero-order chi connectivity index (χ0) is 20.4. The maximum absolute atomic E-state index is 8.75.